The highest BCUT2D eigenvalue weighted by atomic mass is 19.4. The van der Waals surface area contributed by atoms with Gasteiger partial charge in [0.1, 0.15) is 6.54 Å². The van der Waals surface area contributed by atoms with Crippen LogP contribution in [-0.2, 0) is 19.3 Å². The molecule has 136 valence electrons. The normalized spacial score (nSPS) is 12.3. The van der Waals surface area contributed by atoms with E-state index < -0.39 is 11.7 Å². The Bertz CT molecular complexity index is 709. The Hall–Kier alpha value is -2.58. The predicted molar refractivity (Wildman–Crippen MR) is 86.8 cm³/mol. The minimum atomic E-state index is -4.33. The molecule has 1 aromatic heterocycles. The first-order chi connectivity index (χ1) is 11.8. The van der Waals surface area contributed by atoms with Crippen molar-refractivity contribution in [1.29, 1.82) is 0 Å². The first-order valence-electron chi connectivity index (χ1n) is 7.74. The van der Waals surface area contributed by atoms with E-state index in [1.165, 1.54) is 12.1 Å². The molecule has 0 amide bonds. The van der Waals surface area contributed by atoms with Crippen LogP contribution in [0.5, 0.6) is 0 Å². The van der Waals surface area contributed by atoms with Gasteiger partial charge in [0.2, 0.25) is 5.89 Å². The molecule has 0 aliphatic carbocycles. The third-order valence-corrected chi connectivity index (χ3v) is 3.33. The summed E-state index contributed by atoms with van der Waals surface area (Å²) in [5.41, 5.74) is 0.0842. The highest BCUT2D eigenvalue weighted by molar-refractivity contribution is 5.79. The van der Waals surface area contributed by atoms with Crippen molar-refractivity contribution in [2.45, 2.75) is 33.1 Å². The fourth-order valence-corrected chi connectivity index (χ4v) is 2.16. The first kappa shape index (κ1) is 18.8. The summed E-state index contributed by atoms with van der Waals surface area (Å²) in [4.78, 5) is 10.3. The second kappa shape index (κ2) is 8.00. The van der Waals surface area contributed by atoms with Gasteiger partial charge in [-0.05, 0) is 31.5 Å². The molecule has 6 nitrogen and oxygen atoms in total. The molecule has 0 aliphatic heterocycles. The van der Waals surface area contributed by atoms with Crippen molar-refractivity contribution >= 4 is 5.96 Å². The molecule has 2 aromatic rings. The number of halogens is 3. The number of hydrogen-bond donors (Lipinski definition) is 1. The molecule has 0 aliphatic rings. The van der Waals surface area contributed by atoms with Gasteiger partial charge < -0.3 is 14.7 Å². The number of nitrogens with one attached hydrogen (secondary N) is 1. The average molecular weight is 355 g/mol. The van der Waals surface area contributed by atoms with Gasteiger partial charge in [-0.25, -0.2) is 4.99 Å². The largest absolute Gasteiger partial charge is 0.416 e. The van der Waals surface area contributed by atoms with Crippen molar-refractivity contribution < 1.29 is 17.7 Å². The van der Waals surface area contributed by atoms with Crippen molar-refractivity contribution in [3.63, 3.8) is 0 Å². The van der Waals surface area contributed by atoms with Crippen LogP contribution in [0.25, 0.3) is 0 Å². The number of benzene rings is 1. The first-order valence-corrected chi connectivity index (χ1v) is 7.74. The number of guanidine groups is 1. The van der Waals surface area contributed by atoms with Gasteiger partial charge in [0.05, 0.1) is 5.56 Å². The minimum absolute atomic E-state index is 0.223. The van der Waals surface area contributed by atoms with E-state index in [9.17, 15) is 13.2 Å². The van der Waals surface area contributed by atoms with Crippen molar-refractivity contribution in [2.75, 3.05) is 13.6 Å². The molecule has 0 radical (unpaired) electrons. The number of rotatable bonds is 5. The van der Waals surface area contributed by atoms with Gasteiger partial charge in [-0.3, -0.25) is 0 Å². The minimum Gasteiger partial charge on any atom is -0.357 e. The average Bonchev–Trinajstić information content (AvgIpc) is 2.96. The zero-order valence-corrected chi connectivity index (χ0v) is 14.3. The van der Waals surface area contributed by atoms with Crippen LogP contribution in [0.1, 0.15) is 29.8 Å². The molecule has 0 unspecified atom stereocenters. The van der Waals surface area contributed by atoms with Gasteiger partial charge in [-0.1, -0.05) is 17.3 Å². The molecule has 0 fully saturated rings. The van der Waals surface area contributed by atoms with E-state index in [1.54, 1.807) is 14.0 Å². The van der Waals surface area contributed by atoms with Crippen LogP contribution in [0.2, 0.25) is 0 Å². The predicted octanol–water partition coefficient (Wildman–Crippen LogP) is 2.99. The molecule has 25 heavy (non-hydrogen) atoms. The highest BCUT2D eigenvalue weighted by Gasteiger charge is 2.29. The quantitative estimate of drug-likeness (QED) is 0.660. The fourth-order valence-electron chi connectivity index (χ4n) is 2.16. The maximum absolute atomic E-state index is 12.6. The Balaban J connectivity index is 2.05. The van der Waals surface area contributed by atoms with Gasteiger partial charge in [0, 0.05) is 20.1 Å². The van der Waals surface area contributed by atoms with Crippen LogP contribution in [0.15, 0.2) is 33.8 Å². The second-order valence-corrected chi connectivity index (χ2v) is 5.46. The summed E-state index contributed by atoms with van der Waals surface area (Å²) in [6.07, 6.45) is -4.33. The maximum atomic E-state index is 12.6. The summed E-state index contributed by atoms with van der Waals surface area (Å²) in [5.74, 6) is 1.53. The van der Waals surface area contributed by atoms with Crippen LogP contribution in [0.3, 0.4) is 0 Å². The van der Waals surface area contributed by atoms with Crippen LogP contribution in [-0.4, -0.2) is 34.6 Å². The lowest BCUT2D eigenvalue weighted by molar-refractivity contribution is -0.137. The van der Waals surface area contributed by atoms with Gasteiger partial charge in [0.25, 0.3) is 0 Å². The molecule has 0 spiro atoms. The Morgan fingerprint density at radius 2 is 1.96 bits per heavy atom. The summed E-state index contributed by atoms with van der Waals surface area (Å²) in [5, 5.41) is 6.82. The van der Waals surface area contributed by atoms with Crippen molar-refractivity contribution in [3.05, 3.63) is 47.1 Å². The van der Waals surface area contributed by atoms with E-state index >= 15 is 0 Å². The van der Waals surface area contributed by atoms with E-state index in [0.29, 0.717) is 30.8 Å². The highest BCUT2D eigenvalue weighted by Crippen LogP contribution is 2.29. The van der Waals surface area contributed by atoms with Gasteiger partial charge in [-0.2, -0.15) is 18.2 Å². The number of hydrogen-bond acceptors (Lipinski definition) is 4. The third-order valence-electron chi connectivity index (χ3n) is 3.33. The van der Waals surface area contributed by atoms with E-state index in [-0.39, 0.29) is 6.54 Å². The molecule has 0 saturated heterocycles. The number of aryl methyl sites for hydroxylation is 1. The summed E-state index contributed by atoms with van der Waals surface area (Å²) in [7, 11) is 1.80. The van der Waals surface area contributed by atoms with Crippen LogP contribution in [0.4, 0.5) is 13.2 Å². The summed E-state index contributed by atoms with van der Waals surface area (Å²) in [6, 6.07) is 5.08. The number of aromatic nitrogens is 2. The van der Waals surface area contributed by atoms with Gasteiger partial charge in [0.15, 0.2) is 11.8 Å². The number of nitrogens with zero attached hydrogens (tertiary/aromatic N) is 4. The third kappa shape index (κ3) is 5.47. The lowest BCUT2D eigenvalue weighted by Gasteiger charge is -2.22. The zero-order valence-electron chi connectivity index (χ0n) is 14.3. The van der Waals surface area contributed by atoms with Crippen LogP contribution >= 0.6 is 0 Å². The smallest absolute Gasteiger partial charge is 0.357 e. The van der Waals surface area contributed by atoms with Crippen molar-refractivity contribution in [1.82, 2.24) is 20.4 Å². The number of alkyl halides is 3. The summed E-state index contributed by atoms with van der Waals surface area (Å²) >= 11 is 0. The van der Waals surface area contributed by atoms with E-state index in [2.05, 4.69) is 20.4 Å². The van der Waals surface area contributed by atoms with Crippen molar-refractivity contribution in [3.8, 4) is 0 Å². The zero-order chi connectivity index (χ0) is 18.4. The summed E-state index contributed by atoms with van der Waals surface area (Å²) in [6.45, 7) is 4.93. The lowest BCUT2D eigenvalue weighted by Crippen LogP contribution is -2.38. The van der Waals surface area contributed by atoms with Crippen molar-refractivity contribution in [2.24, 2.45) is 4.99 Å². The Kier molecular flexibility index (Phi) is 6.00. The van der Waals surface area contributed by atoms with Gasteiger partial charge in [-0.15, -0.1) is 0 Å². The van der Waals surface area contributed by atoms with E-state index in [1.807, 2.05) is 11.8 Å². The SMILES string of the molecule is CCNC(=NCc1nc(C)no1)N(C)Cc1ccc(C(F)(F)F)cc1. The van der Waals surface area contributed by atoms with Crippen LogP contribution in [0, 0.1) is 6.92 Å². The standard InChI is InChI=1S/C16H20F3N5O/c1-4-20-15(21-9-14-22-11(2)23-25-14)24(3)10-12-5-7-13(8-6-12)16(17,18)19/h5-8H,4,9-10H2,1-3H3,(H,20,21). The topological polar surface area (TPSA) is 66.5 Å². The molecule has 0 atom stereocenters. The summed E-state index contributed by atoms with van der Waals surface area (Å²) < 4.78 is 42.9. The molecule has 1 aromatic carbocycles. The van der Waals surface area contributed by atoms with Crippen LogP contribution < -0.4 is 5.32 Å². The molecular formula is C16H20F3N5O. The molecule has 2 rings (SSSR count). The molecule has 0 saturated carbocycles. The number of aliphatic imine (C=N–C) groups is 1. The maximum Gasteiger partial charge on any atom is 0.416 e. The Labute approximate surface area is 143 Å². The molecular weight excluding hydrogens is 335 g/mol. The van der Waals surface area contributed by atoms with E-state index in [4.69, 9.17) is 4.52 Å². The van der Waals surface area contributed by atoms with Gasteiger partial charge >= 0.3 is 6.18 Å². The monoisotopic (exact) mass is 355 g/mol. The Morgan fingerprint density at radius 3 is 2.48 bits per heavy atom. The molecule has 9 heteroatoms. The fraction of sp³-hybridized carbons (Fsp3) is 0.438. The van der Waals surface area contributed by atoms with E-state index in [0.717, 1.165) is 17.7 Å². The lowest BCUT2D eigenvalue weighted by atomic mass is 10.1. The Morgan fingerprint density at radius 1 is 1.28 bits per heavy atom. The molecule has 1 N–H and O–H groups in total. The molecule has 1 heterocycles. The molecule has 0 bridgehead atoms. The second-order valence-electron chi connectivity index (χ2n) is 5.46.